The molecule has 0 amide bonds. The number of halogens is 1. The molecule has 2 fully saturated rings. The Labute approximate surface area is 196 Å². The van der Waals surface area contributed by atoms with Gasteiger partial charge >= 0.3 is 5.97 Å². The highest BCUT2D eigenvalue weighted by atomic mass is 35.5. The van der Waals surface area contributed by atoms with Gasteiger partial charge in [0.25, 0.3) is 0 Å². The van der Waals surface area contributed by atoms with Crippen LogP contribution in [0.3, 0.4) is 0 Å². The molecule has 0 bridgehead atoms. The normalized spacial score (nSPS) is 29.3. The summed E-state index contributed by atoms with van der Waals surface area (Å²) in [6, 6.07) is 6.11. The second-order valence-electron chi connectivity index (χ2n) is 10.0. The number of esters is 1. The summed E-state index contributed by atoms with van der Waals surface area (Å²) in [4.78, 5) is 16.0. The van der Waals surface area contributed by atoms with E-state index < -0.39 is 0 Å². The Morgan fingerprint density at radius 1 is 1.34 bits per heavy atom. The van der Waals surface area contributed by atoms with Crippen molar-refractivity contribution in [2.24, 2.45) is 17.3 Å². The average molecular weight is 459 g/mol. The smallest absolute Gasteiger partial charge is 0.310 e. The predicted octanol–water partition coefficient (Wildman–Crippen LogP) is 5.19. The highest BCUT2D eigenvalue weighted by molar-refractivity contribution is 5.85. The summed E-state index contributed by atoms with van der Waals surface area (Å²) >= 11 is 0. The van der Waals surface area contributed by atoms with E-state index in [2.05, 4.69) is 42.5 Å². The first-order chi connectivity index (χ1) is 15.0. The van der Waals surface area contributed by atoms with Crippen LogP contribution >= 0.6 is 12.4 Å². The minimum atomic E-state index is -0.0279. The van der Waals surface area contributed by atoms with Crippen molar-refractivity contribution in [1.82, 2.24) is 10.3 Å². The second kappa shape index (κ2) is 9.11. The van der Waals surface area contributed by atoms with Gasteiger partial charge in [0, 0.05) is 29.6 Å². The fraction of sp³-hybridized carbons (Fsp3) is 0.577. The first-order valence-corrected chi connectivity index (χ1v) is 11.7. The lowest BCUT2D eigenvalue weighted by molar-refractivity contribution is -0.145. The number of benzene rings is 1. The van der Waals surface area contributed by atoms with E-state index in [1.807, 2.05) is 6.07 Å². The van der Waals surface area contributed by atoms with Crippen LogP contribution in [0.1, 0.15) is 51.5 Å². The van der Waals surface area contributed by atoms with E-state index in [0.717, 1.165) is 37.1 Å². The maximum atomic E-state index is 12.7. The molecule has 1 aromatic heterocycles. The standard InChI is InChI=1S/C26H34N2O3.ClH/c1-16-5-4-9-26(2)13-24-20(12-22(16)26)21(25(29)31-24)15-27-10-8-17-14-28-23-7-6-18(30-3)11-19(17)23;/h6-7,11,14,20-21,24,27-28H,4-5,8-10,12-13,15H2,1-3H3;1H/t20-,21?,24-,26-;/m1./s1. The number of methoxy groups -OCH3 is 1. The Morgan fingerprint density at radius 2 is 2.19 bits per heavy atom. The van der Waals surface area contributed by atoms with Crippen molar-refractivity contribution in [3.05, 3.63) is 41.1 Å². The first-order valence-electron chi connectivity index (χ1n) is 11.7. The lowest BCUT2D eigenvalue weighted by atomic mass is 9.59. The van der Waals surface area contributed by atoms with Crippen molar-refractivity contribution >= 4 is 29.3 Å². The van der Waals surface area contributed by atoms with Crippen molar-refractivity contribution in [2.75, 3.05) is 20.2 Å². The SMILES string of the molecule is COc1ccc2[nH]cc(CCNCC3C(=O)O[C@@H]4C[C@@]5(C)CCCC(C)=C5C[C@H]34)c2c1.Cl. The van der Waals surface area contributed by atoms with Crippen LogP contribution in [0.25, 0.3) is 10.9 Å². The Morgan fingerprint density at radius 3 is 3.00 bits per heavy atom. The summed E-state index contributed by atoms with van der Waals surface area (Å²) in [5, 5.41) is 4.75. The largest absolute Gasteiger partial charge is 0.497 e. The molecule has 4 atom stereocenters. The van der Waals surface area contributed by atoms with Crippen molar-refractivity contribution in [3.63, 3.8) is 0 Å². The van der Waals surface area contributed by atoms with Gasteiger partial charge in [-0.1, -0.05) is 18.1 Å². The molecular formula is C26H35ClN2O3. The van der Waals surface area contributed by atoms with Crippen molar-refractivity contribution in [1.29, 1.82) is 0 Å². The van der Waals surface area contributed by atoms with Gasteiger partial charge in [0.05, 0.1) is 13.0 Å². The summed E-state index contributed by atoms with van der Waals surface area (Å²) in [5.74, 6) is 1.17. The molecule has 2 aromatic rings. The minimum Gasteiger partial charge on any atom is -0.497 e. The number of hydrogen-bond donors (Lipinski definition) is 2. The zero-order valence-corrected chi connectivity index (χ0v) is 20.1. The van der Waals surface area contributed by atoms with Gasteiger partial charge in [-0.25, -0.2) is 0 Å². The quantitative estimate of drug-likeness (QED) is 0.355. The summed E-state index contributed by atoms with van der Waals surface area (Å²) in [5.41, 5.74) is 5.82. The van der Waals surface area contributed by atoms with Gasteiger partial charge in [0.15, 0.2) is 0 Å². The van der Waals surface area contributed by atoms with Gasteiger partial charge in [-0.3, -0.25) is 4.79 Å². The van der Waals surface area contributed by atoms with E-state index >= 15 is 0 Å². The molecule has 174 valence electrons. The number of nitrogens with one attached hydrogen (secondary N) is 2. The van der Waals surface area contributed by atoms with Crippen LogP contribution in [0.5, 0.6) is 5.75 Å². The Kier molecular flexibility index (Phi) is 6.60. The molecule has 2 heterocycles. The molecule has 1 saturated heterocycles. The summed E-state index contributed by atoms with van der Waals surface area (Å²) in [7, 11) is 1.70. The zero-order valence-electron chi connectivity index (χ0n) is 19.3. The van der Waals surface area contributed by atoms with Gasteiger partial charge in [-0.2, -0.15) is 0 Å². The molecule has 32 heavy (non-hydrogen) atoms. The lowest BCUT2D eigenvalue weighted by Gasteiger charge is -2.45. The van der Waals surface area contributed by atoms with Crippen LogP contribution in [0.15, 0.2) is 35.5 Å². The van der Waals surface area contributed by atoms with E-state index in [1.54, 1.807) is 18.3 Å². The van der Waals surface area contributed by atoms with Crippen LogP contribution in [-0.2, 0) is 16.0 Å². The molecule has 3 aliphatic rings. The van der Waals surface area contributed by atoms with Gasteiger partial charge in [-0.05, 0) is 81.2 Å². The minimum absolute atomic E-state index is 0. The van der Waals surface area contributed by atoms with Gasteiger partial charge in [0.1, 0.15) is 11.9 Å². The van der Waals surface area contributed by atoms with E-state index in [-0.39, 0.29) is 35.8 Å². The predicted molar refractivity (Wildman–Crippen MR) is 129 cm³/mol. The third kappa shape index (κ3) is 4.06. The molecule has 0 radical (unpaired) electrons. The summed E-state index contributed by atoms with van der Waals surface area (Å²) < 4.78 is 11.3. The number of hydrogen-bond acceptors (Lipinski definition) is 4. The molecule has 6 heteroatoms. The molecular weight excluding hydrogens is 424 g/mol. The number of carbonyl (C=O) groups is 1. The van der Waals surface area contributed by atoms with Crippen LogP contribution < -0.4 is 10.1 Å². The molecule has 1 aliphatic heterocycles. The number of carbonyl (C=O) groups excluding carboxylic acids is 1. The number of fused-ring (bicyclic) bond motifs is 3. The topological polar surface area (TPSA) is 63.3 Å². The third-order valence-corrected chi connectivity index (χ3v) is 8.09. The van der Waals surface area contributed by atoms with E-state index in [1.165, 1.54) is 30.2 Å². The highest BCUT2D eigenvalue weighted by Gasteiger charge is 2.52. The lowest BCUT2D eigenvalue weighted by Crippen LogP contribution is -2.40. The highest BCUT2D eigenvalue weighted by Crippen LogP contribution is 2.54. The van der Waals surface area contributed by atoms with Gasteiger partial charge in [0.2, 0.25) is 0 Å². The van der Waals surface area contributed by atoms with Crippen molar-refractivity contribution in [3.8, 4) is 5.75 Å². The van der Waals surface area contributed by atoms with E-state index in [9.17, 15) is 4.79 Å². The van der Waals surface area contributed by atoms with Crippen molar-refractivity contribution < 1.29 is 14.3 Å². The number of allylic oxidation sites excluding steroid dienone is 2. The van der Waals surface area contributed by atoms with Gasteiger partial charge in [-0.15, -0.1) is 12.4 Å². The number of ether oxygens (including phenoxy) is 2. The van der Waals surface area contributed by atoms with Crippen molar-refractivity contribution in [2.45, 2.75) is 58.5 Å². The molecule has 5 nitrogen and oxygen atoms in total. The van der Waals surface area contributed by atoms with E-state index in [4.69, 9.17) is 9.47 Å². The first kappa shape index (κ1) is 23.2. The monoisotopic (exact) mass is 458 g/mol. The maximum absolute atomic E-state index is 12.7. The molecule has 2 N–H and O–H groups in total. The maximum Gasteiger partial charge on any atom is 0.310 e. The molecule has 5 rings (SSSR count). The Bertz CT molecular complexity index is 1030. The number of aromatic nitrogens is 1. The number of aromatic amines is 1. The average Bonchev–Trinajstić information content (AvgIpc) is 3.29. The zero-order chi connectivity index (χ0) is 21.6. The molecule has 1 saturated carbocycles. The molecule has 0 spiro atoms. The fourth-order valence-corrected chi connectivity index (χ4v) is 6.32. The van der Waals surface area contributed by atoms with Crippen LogP contribution in [0.4, 0.5) is 0 Å². The Hall–Kier alpha value is -1.98. The second-order valence-corrected chi connectivity index (χ2v) is 10.0. The molecule has 2 aliphatic carbocycles. The van der Waals surface area contributed by atoms with Gasteiger partial charge < -0.3 is 19.8 Å². The number of H-pyrrole nitrogens is 1. The number of rotatable bonds is 6. The van der Waals surface area contributed by atoms with Crippen LogP contribution in [0.2, 0.25) is 0 Å². The molecule has 1 unspecified atom stereocenters. The summed E-state index contributed by atoms with van der Waals surface area (Å²) in [6.07, 6.45) is 8.84. The van der Waals surface area contributed by atoms with E-state index in [0.29, 0.717) is 12.5 Å². The molecule has 1 aromatic carbocycles. The Balaban J connectivity index is 0.00000245. The fourth-order valence-electron chi connectivity index (χ4n) is 6.32. The van der Waals surface area contributed by atoms with Crippen LogP contribution in [-0.4, -0.2) is 37.3 Å². The third-order valence-electron chi connectivity index (χ3n) is 8.09. The van der Waals surface area contributed by atoms with Crippen LogP contribution in [0, 0.1) is 17.3 Å². The summed E-state index contributed by atoms with van der Waals surface area (Å²) in [6.45, 7) is 6.23.